The molecule has 1 spiro atoms. The molecule has 2 heterocycles. The van der Waals surface area contributed by atoms with E-state index >= 15 is 0 Å². The molecule has 1 atom stereocenters. The van der Waals surface area contributed by atoms with E-state index in [0.717, 1.165) is 0 Å². The molecule has 1 fully saturated rings. The fourth-order valence-corrected chi connectivity index (χ4v) is 5.58. The number of fused-ring (bicyclic) bond motifs is 1. The molecule has 0 amide bonds. The van der Waals surface area contributed by atoms with Crippen LogP contribution in [-0.2, 0) is 10.0 Å². The molecule has 0 aliphatic carbocycles. The number of rotatable bonds is 3. The third-order valence-electron chi connectivity index (χ3n) is 5.28. The van der Waals surface area contributed by atoms with Gasteiger partial charge in [-0.05, 0) is 42.8 Å². The molecule has 0 radical (unpaired) electrons. The van der Waals surface area contributed by atoms with E-state index in [9.17, 15) is 13.2 Å². The minimum atomic E-state index is -3.68. The Kier molecular flexibility index (Phi) is 4.24. The molecule has 0 bridgehead atoms. The summed E-state index contributed by atoms with van der Waals surface area (Å²) < 4.78 is 39.0. The van der Waals surface area contributed by atoms with Crippen LogP contribution in [0.25, 0.3) is 0 Å². The van der Waals surface area contributed by atoms with Crippen molar-refractivity contribution >= 4 is 15.8 Å². The summed E-state index contributed by atoms with van der Waals surface area (Å²) in [5.41, 5.74) is 0.399. The van der Waals surface area contributed by atoms with Crippen LogP contribution in [0.4, 0.5) is 0 Å². The Hall–Kier alpha value is -2.38. The Balaban J connectivity index is 1.62. The van der Waals surface area contributed by atoms with Gasteiger partial charge in [0.1, 0.15) is 17.1 Å². The summed E-state index contributed by atoms with van der Waals surface area (Å²) >= 11 is 0. The first-order valence-corrected chi connectivity index (χ1v) is 10.2. The molecule has 7 heteroatoms. The Morgan fingerprint density at radius 2 is 1.96 bits per heavy atom. The average Bonchev–Trinajstić information content (AvgIpc) is 3.05. The minimum absolute atomic E-state index is 0.00303. The predicted octanol–water partition coefficient (Wildman–Crippen LogP) is 2.80. The van der Waals surface area contributed by atoms with Gasteiger partial charge >= 0.3 is 0 Å². The summed E-state index contributed by atoms with van der Waals surface area (Å²) in [6.07, 6.45) is 0.680. The van der Waals surface area contributed by atoms with Crippen LogP contribution in [0.1, 0.15) is 28.8 Å². The topological polar surface area (TPSA) is 72.9 Å². The molecule has 2 aliphatic heterocycles. The van der Waals surface area contributed by atoms with Crippen molar-refractivity contribution in [3.05, 3.63) is 53.6 Å². The molecular weight excluding hydrogens is 366 g/mol. The van der Waals surface area contributed by atoms with E-state index in [1.807, 2.05) is 6.07 Å². The lowest BCUT2D eigenvalue weighted by molar-refractivity contribution is 0.0498. The first kappa shape index (κ1) is 18.0. The number of para-hydroxylation sites is 1. The Labute approximate surface area is 158 Å². The van der Waals surface area contributed by atoms with E-state index in [1.54, 1.807) is 50.4 Å². The normalized spacial score (nSPS) is 22.5. The van der Waals surface area contributed by atoms with E-state index in [0.29, 0.717) is 35.6 Å². The molecule has 2 aliphatic rings. The Bertz CT molecular complexity index is 1020. The van der Waals surface area contributed by atoms with Crippen molar-refractivity contribution in [3.8, 4) is 11.5 Å². The first-order valence-electron chi connectivity index (χ1n) is 8.81. The lowest BCUT2D eigenvalue weighted by atomic mass is 9.89. The smallest absolute Gasteiger partial charge is 0.243 e. The molecular formula is C20H21NO5S. The van der Waals surface area contributed by atoms with Crippen LogP contribution in [0, 0.1) is 6.92 Å². The van der Waals surface area contributed by atoms with E-state index < -0.39 is 15.6 Å². The predicted molar refractivity (Wildman–Crippen MR) is 99.9 cm³/mol. The summed E-state index contributed by atoms with van der Waals surface area (Å²) in [5.74, 6) is 1.15. The summed E-state index contributed by atoms with van der Waals surface area (Å²) in [6, 6.07) is 12.0. The van der Waals surface area contributed by atoms with Gasteiger partial charge in [0.05, 0.1) is 30.5 Å². The fourth-order valence-electron chi connectivity index (χ4n) is 3.86. The summed E-state index contributed by atoms with van der Waals surface area (Å²) in [4.78, 5) is 12.8. The van der Waals surface area contributed by atoms with Crippen LogP contribution in [0.3, 0.4) is 0 Å². The maximum atomic E-state index is 13.2. The number of benzene rings is 2. The third-order valence-corrected chi connectivity index (χ3v) is 7.28. The molecule has 142 valence electrons. The van der Waals surface area contributed by atoms with Crippen molar-refractivity contribution in [2.75, 3.05) is 20.2 Å². The fraction of sp³-hybridized carbons (Fsp3) is 0.350. The molecule has 6 nitrogen and oxygen atoms in total. The number of ketones is 1. The maximum Gasteiger partial charge on any atom is 0.243 e. The first-order chi connectivity index (χ1) is 12.8. The van der Waals surface area contributed by atoms with E-state index in [-0.39, 0.29) is 23.6 Å². The highest BCUT2D eigenvalue weighted by atomic mass is 32.2. The second-order valence-electron chi connectivity index (χ2n) is 7.10. The van der Waals surface area contributed by atoms with Crippen LogP contribution in [-0.4, -0.2) is 44.3 Å². The lowest BCUT2D eigenvalue weighted by Crippen LogP contribution is -2.45. The van der Waals surface area contributed by atoms with Gasteiger partial charge in [-0.1, -0.05) is 12.1 Å². The number of methoxy groups -OCH3 is 1. The summed E-state index contributed by atoms with van der Waals surface area (Å²) in [5, 5.41) is 0. The van der Waals surface area contributed by atoms with Crippen LogP contribution in [0.5, 0.6) is 11.5 Å². The SMILES string of the molecule is COc1ccc(S(=O)(=O)N2CCC3(CC(=O)c4ccccc4O3)C2)c(C)c1. The number of ether oxygens (including phenoxy) is 2. The highest BCUT2D eigenvalue weighted by Gasteiger charge is 2.49. The largest absolute Gasteiger partial charge is 0.497 e. The van der Waals surface area contributed by atoms with Gasteiger partial charge < -0.3 is 9.47 Å². The van der Waals surface area contributed by atoms with Gasteiger partial charge in [-0.3, -0.25) is 4.79 Å². The van der Waals surface area contributed by atoms with Crippen molar-refractivity contribution in [2.24, 2.45) is 0 Å². The van der Waals surface area contributed by atoms with Gasteiger partial charge in [-0.25, -0.2) is 8.42 Å². The number of carbonyl (C=O) groups is 1. The highest BCUT2D eigenvalue weighted by molar-refractivity contribution is 7.89. The molecule has 4 rings (SSSR count). The van der Waals surface area contributed by atoms with Crippen molar-refractivity contribution in [1.29, 1.82) is 0 Å². The number of carbonyl (C=O) groups excluding carboxylic acids is 1. The van der Waals surface area contributed by atoms with Crippen LogP contribution < -0.4 is 9.47 Å². The molecule has 2 aromatic carbocycles. The monoisotopic (exact) mass is 387 g/mol. The second-order valence-corrected chi connectivity index (χ2v) is 9.01. The zero-order valence-corrected chi connectivity index (χ0v) is 16.1. The van der Waals surface area contributed by atoms with Crippen molar-refractivity contribution in [1.82, 2.24) is 4.31 Å². The average molecular weight is 387 g/mol. The summed E-state index contributed by atoms with van der Waals surface area (Å²) in [6.45, 7) is 2.24. The molecule has 0 saturated carbocycles. The van der Waals surface area contributed by atoms with Crippen LogP contribution in [0.2, 0.25) is 0 Å². The van der Waals surface area contributed by atoms with Gasteiger partial charge in [-0.2, -0.15) is 4.31 Å². The van der Waals surface area contributed by atoms with Crippen molar-refractivity contribution in [2.45, 2.75) is 30.3 Å². The summed E-state index contributed by atoms with van der Waals surface area (Å²) in [7, 11) is -2.13. The second kappa shape index (κ2) is 6.35. The quantitative estimate of drug-likeness (QED) is 0.810. The zero-order chi connectivity index (χ0) is 19.2. The number of nitrogens with zero attached hydrogens (tertiary/aromatic N) is 1. The minimum Gasteiger partial charge on any atom is -0.497 e. The number of sulfonamides is 1. The standard InChI is InChI=1S/C20H21NO5S/c1-14-11-15(25-2)7-8-19(14)27(23,24)21-10-9-20(13-21)12-17(22)16-5-3-4-6-18(16)26-20/h3-8,11H,9-10,12-13H2,1-2H3. The van der Waals surface area contributed by atoms with E-state index in [4.69, 9.17) is 9.47 Å². The number of hydrogen-bond donors (Lipinski definition) is 0. The van der Waals surface area contributed by atoms with Crippen molar-refractivity contribution < 1.29 is 22.7 Å². The van der Waals surface area contributed by atoms with Crippen LogP contribution in [0.15, 0.2) is 47.4 Å². The van der Waals surface area contributed by atoms with Gasteiger partial charge in [0, 0.05) is 13.0 Å². The molecule has 1 saturated heterocycles. The molecule has 0 N–H and O–H groups in total. The Morgan fingerprint density at radius 1 is 1.19 bits per heavy atom. The molecule has 2 aromatic rings. The number of hydrogen-bond acceptors (Lipinski definition) is 5. The van der Waals surface area contributed by atoms with Crippen molar-refractivity contribution in [3.63, 3.8) is 0 Å². The van der Waals surface area contributed by atoms with Gasteiger partial charge in [0.25, 0.3) is 0 Å². The number of Topliss-reactive ketones (excluding diaryl/α,β-unsaturated/α-hetero) is 1. The van der Waals surface area contributed by atoms with E-state index in [1.165, 1.54) is 4.31 Å². The van der Waals surface area contributed by atoms with Crippen LogP contribution >= 0.6 is 0 Å². The maximum absolute atomic E-state index is 13.2. The lowest BCUT2D eigenvalue weighted by Gasteiger charge is -2.34. The van der Waals surface area contributed by atoms with Gasteiger partial charge in [0.15, 0.2) is 5.78 Å². The van der Waals surface area contributed by atoms with Gasteiger partial charge in [-0.15, -0.1) is 0 Å². The Morgan fingerprint density at radius 3 is 2.70 bits per heavy atom. The molecule has 0 aromatic heterocycles. The third kappa shape index (κ3) is 3.00. The van der Waals surface area contributed by atoms with Gasteiger partial charge in [0.2, 0.25) is 10.0 Å². The number of aryl methyl sites for hydroxylation is 1. The molecule has 27 heavy (non-hydrogen) atoms. The zero-order valence-electron chi connectivity index (χ0n) is 15.3. The molecule has 1 unspecified atom stereocenters. The highest BCUT2D eigenvalue weighted by Crippen LogP contribution is 2.40. The van der Waals surface area contributed by atoms with E-state index in [2.05, 4.69) is 0 Å².